The first-order valence-electron chi connectivity index (χ1n) is 5.36. The monoisotopic (exact) mass is 336 g/mol. The van der Waals surface area contributed by atoms with Gasteiger partial charge in [-0.3, -0.25) is 4.79 Å². The van der Waals surface area contributed by atoms with E-state index in [1.54, 1.807) is 7.05 Å². The van der Waals surface area contributed by atoms with Crippen molar-refractivity contribution >= 4 is 31.9 Å². The van der Waals surface area contributed by atoms with Crippen molar-refractivity contribution in [3.63, 3.8) is 0 Å². The van der Waals surface area contributed by atoms with E-state index in [0.29, 0.717) is 12.5 Å². The molecule has 1 amide bonds. The maximum absolute atomic E-state index is 12.0. The summed E-state index contributed by atoms with van der Waals surface area (Å²) in [6, 6.07) is 1.14. The molecule has 1 aromatic rings. The molecule has 1 saturated carbocycles. The van der Waals surface area contributed by atoms with Gasteiger partial charge in [-0.25, -0.2) is 13.6 Å². The number of sulfonamides is 1. The molecule has 1 heterocycles. The summed E-state index contributed by atoms with van der Waals surface area (Å²) in [5.41, 5.74) is 0. The van der Waals surface area contributed by atoms with Crippen LogP contribution in [0.25, 0.3) is 0 Å². The lowest BCUT2D eigenvalue weighted by atomic mass is 10.3. The highest BCUT2D eigenvalue weighted by atomic mass is 79.9. The van der Waals surface area contributed by atoms with E-state index in [1.807, 2.05) is 0 Å². The van der Waals surface area contributed by atoms with E-state index in [4.69, 9.17) is 9.56 Å². The fourth-order valence-corrected chi connectivity index (χ4v) is 3.11. The number of carbonyl (C=O) groups is 1. The van der Waals surface area contributed by atoms with Crippen LogP contribution in [0, 0.1) is 5.92 Å². The van der Waals surface area contributed by atoms with Crippen LogP contribution in [-0.2, 0) is 10.0 Å². The Labute approximate surface area is 113 Å². The molecular formula is C10H13BrN2O4S. The van der Waals surface area contributed by atoms with Crippen molar-refractivity contribution < 1.29 is 17.6 Å². The maximum atomic E-state index is 12.0. The van der Waals surface area contributed by atoms with Crippen molar-refractivity contribution in [2.45, 2.75) is 17.7 Å². The fourth-order valence-electron chi connectivity index (χ4n) is 1.61. The Balaban J connectivity index is 2.20. The fraction of sp³-hybridized carbons (Fsp3) is 0.500. The third-order valence-corrected chi connectivity index (χ3v) is 4.52. The molecule has 100 valence electrons. The van der Waals surface area contributed by atoms with Gasteiger partial charge in [0, 0.05) is 19.7 Å². The minimum atomic E-state index is -3.89. The molecular weight excluding hydrogens is 324 g/mol. The molecule has 18 heavy (non-hydrogen) atoms. The summed E-state index contributed by atoms with van der Waals surface area (Å²) in [6.45, 7) is 0.655. The number of rotatable bonds is 4. The van der Waals surface area contributed by atoms with Crippen LogP contribution in [0.5, 0.6) is 0 Å². The first-order chi connectivity index (χ1) is 8.29. The zero-order chi connectivity index (χ0) is 13.5. The Hall–Kier alpha value is -0.860. The summed E-state index contributed by atoms with van der Waals surface area (Å²) in [4.78, 5) is 13.3. The van der Waals surface area contributed by atoms with Crippen LogP contribution in [0.3, 0.4) is 0 Å². The van der Waals surface area contributed by atoms with E-state index >= 15 is 0 Å². The van der Waals surface area contributed by atoms with Gasteiger partial charge in [0.25, 0.3) is 5.91 Å². The van der Waals surface area contributed by atoms with E-state index in [1.165, 1.54) is 4.90 Å². The van der Waals surface area contributed by atoms with E-state index in [-0.39, 0.29) is 21.2 Å². The SMILES string of the molecule is CN(CC1CC1)C(=O)c1cc(S(N)(=O)=O)c(Br)o1. The van der Waals surface area contributed by atoms with E-state index in [0.717, 1.165) is 18.9 Å². The lowest BCUT2D eigenvalue weighted by Gasteiger charge is -2.14. The number of hydrogen-bond acceptors (Lipinski definition) is 4. The van der Waals surface area contributed by atoms with Crippen molar-refractivity contribution in [3.05, 3.63) is 16.5 Å². The molecule has 8 heteroatoms. The number of nitrogens with two attached hydrogens (primary N) is 1. The molecule has 1 fully saturated rings. The van der Waals surface area contributed by atoms with Crippen molar-refractivity contribution in [1.82, 2.24) is 4.90 Å². The van der Waals surface area contributed by atoms with Crippen molar-refractivity contribution in [3.8, 4) is 0 Å². The zero-order valence-electron chi connectivity index (χ0n) is 9.72. The Bertz CT molecular complexity index is 577. The summed E-state index contributed by atoms with van der Waals surface area (Å²) < 4.78 is 27.5. The third-order valence-electron chi connectivity index (χ3n) is 2.75. The first-order valence-corrected chi connectivity index (χ1v) is 7.70. The van der Waals surface area contributed by atoms with Crippen LogP contribution < -0.4 is 5.14 Å². The highest BCUT2D eigenvalue weighted by Crippen LogP contribution is 2.30. The molecule has 1 aliphatic rings. The Morgan fingerprint density at radius 1 is 1.61 bits per heavy atom. The summed E-state index contributed by atoms with van der Waals surface area (Å²) in [7, 11) is -2.23. The number of nitrogens with zero attached hydrogens (tertiary/aromatic N) is 1. The van der Waals surface area contributed by atoms with Gasteiger partial charge in [-0.15, -0.1) is 0 Å². The molecule has 6 nitrogen and oxygen atoms in total. The molecule has 0 aromatic carbocycles. The van der Waals surface area contributed by atoms with Crippen molar-refractivity contribution in [2.75, 3.05) is 13.6 Å². The molecule has 0 atom stereocenters. The molecule has 2 N–H and O–H groups in total. The first kappa shape index (κ1) is 13.6. The quantitative estimate of drug-likeness (QED) is 0.892. The molecule has 2 rings (SSSR count). The molecule has 0 saturated heterocycles. The molecule has 1 aromatic heterocycles. The van der Waals surface area contributed by atoms with Gasteiger partial charge >= 0.3 is 0 Å². The van der Waals surface area contributed by atoms with Crippen LogP contribution >= 0.6 is 15.9 Å². The standard InChI is InChI=1S/C10H13BrN2O4S/c1-13(5-6-2-3-6)10(14)7-4-8(9(11)17-7)18(12,15)16/h4,6H,2-3,5H2,1H3,(H2,12,15,16). The van der Waals surface area contributed by atoms with Gasteiger partial charge in [-0.05, 0) is 34.7 Å². The minimum Gasteiger partial charge on any atom is -0.443 e. The zero-order valence-corrected chi connectivity index (χ0v) is 12.1. The normalized spacial score (nSPS) is 15.7. The van der Waals surface area contributed by atoms with E-state index < -0.39 is 10.0 Å². The average molecular weight is 337 g/mol. The topological polar surface area (TPSA) is 93.6 Å². The number of primary sulfonamides is 1. The second kappa shape index (κ2) is 4.67. The van der Waals surface area contributed by atoms with Gasteiger partial charge in [0.1, 0.15) is 4.90 Å². The second-order valence-electron chi connectivity index (χ2n) is 4.42. The Morgan fingerprint density at radius 2 is 2.22 bits per heavy atom. The molecule has 0 aliphatic heterocycles. The molecule has 0 radical (unpaired) electrons. The van der Waals surface area contributed by atoms with Gasteiger partial charge in [0.2, 0.25) is 10.0 Å². The Morgan fingerprint density at radius 3 is 2.67 bits per heavy atom. The van der Waals surface area contributed by atoms with Crippen molar-refractivity contribution in [1.29, 1.82) is 0 Å². The van der Waals surface area contributed by atoms with Crippen LogP contribution in [0.1, 0.15) is 23.4 Å². The van der Waals surface area contributed by atoms with Crippen LogP contribution in [-0.4, -0.2) is 32.8 Å². The number of carbonyl (C=O) groups excluding carboxylic acids is 1. The van der Waals surface area contributed by atoms with Gasteiger partial charge in [-0.1, -0.05) is 0 Å². The second-order valence-corrected chi connectivity index (χ2v) is 6.67. The number of halogens is 1. The molecule has 1 aliphatic carbocycles. The highest BCUT2D eigenvalue weighted by Gasteiger charge is 2.28. The summed E-state index contributed by atoms with van der Waals surface area (Å²) in [6.07, 6.45) is 2.25. The van der Waals surface area contributed by atoms with Crippen molar-refractivity contribution in [2.24, 2.45) is 11.1 Å². The number of hydrogen-bond donors (Lipinski definition) is 1. The van der Waals surface area contributed by atoms with Gasteiger partial charge in [0.15, 0.2) is 10.4 Å². The van der Waals surface area contributed by atoms with E-state index in [2.05, 4.69) is 15.9 Å². The van der Waals surface area contributed by atoms with E-state index in [9.17, 15) is 13.2 Å². The smallest absolute Gasteiger partial charge is 0.289 e. The molecule has 0 bridgehead atoms. The summed E-state index contributed by atoms with van der Waals surface area (Å²) in [5, 5.41) is 5.00. The van der Waals surface area contributed by atoms with Gasteiger partial charge in [-0.2, -0.15) is 0 Å². The largest absolute Gasteiger partial charge is 0.443 e. The van der Waals surface area contributed by atoms with Gasteiger partial charge in [0.05, 0.1) is 0 Å². The lowest BCUT2D eigenvalue weighted by Crippen LogP contribution is -2.28. The highest BCUT2D eigenvalue weighted by molar-refractivity contribution is 9.10. The predicted molar refractivity (Wildman–Crippen MR) is 67.5 cm³/mol. The lowest BCUT2D eigenvalue weighted by molar-refractivity contribution is 0.0756. The summed E-state index contributed by atoms with van der Waals surface area (Å²) in [5.74, 6) is 0.168. The molecule has 0 spiro atoms. The maximum Gasteiger partial charge on any atom is 0.289 e. The van der Waals surface area contributed by atoms with Crippen LogP contribution in [0.4, 0.5) is 0 Å². The van der Waals surface area contributed by atoms with Crippen LogP contribution in [0.15, 0.2) is 20.0 Å². The predicted octanol–water partition coefficient (Wildman–Crippen LogP) is 1.17. The third kappa shape index (κ3) is 2.93. The average Bonchev–Trinajstić information content (AvgIpc) is 2.96. The minimum absolute atomic E-state index is 0.0333. The molecule has 0 unspecified atom stereocenters. The number of furan rings is 1. The van der Waals surface area contributed by atoms with Gasteiger partial charge < -0.3 is 9.32 Å². The Kier molecular flexibility index (Phi) is 3.52. The summed E-state index contributed by atoms with van der Waals surface area (Å²) >= 11 is 2.94. The number of amides is 1. The van der Waals surface area contributed by atoms with Crippen LogP contribution in [0.2, 0.25) is 0 Å².